The Morgan fingerprint density at radius 2 is 2.20 bits per heavy atom. The summed E-state index contributed by atoms with van der Waals surface area (Å²) in [4.78, 5) is 0. The number of hydrogen-bond acceptors (Lipinski definition) is 1. The monoisotopic (exact) mass is 265 g/mol. The third-order valence-electron chi connectivity index (χ3n) is 3.71. The number of halogens is 1. The molecule has 0 heterocycles. The second kappa shape index (κ2) is 3.60. The first kappa shape index (κ1) is 9.86. The molecule has 3 unspecified atom stereocenters. The summed E-state index contributed by atoms with van der Waals surface area (Å²) in [7, 11) is 0. The molecule has 1 nitrogen and oxygen atoms in total. The van der Waals surface area contributed by atoms with Crippen molar-refractivity contribution in [1.82, 2.24) is 5.32 Å². The van der Waals surface area contributed by atoms with Crippen LogP contribution < -0.4 is 5.32 Å². The maximum atomic E-state index is 3.76. The lowest BCUT2D eigenvalue weighted by Gasteiger charge is -2.13. The number of rotatable bonds is 2. The molecule has 1 aromatic rings. The van der Waals surface area contributed by atoms with Crippen LogP contribution in [0.5, 0.6) is 0 Å². The van der Waals surface area contributed by atoms with E-state index in [4.69, 9.17) is 0 Å². The van der Waals surface area contributed by atoms with E-state index in [9.17, 15) is 0 Å². The molecule has 3 atom stereocenters. The molecule has 1 saturated carbocycles. The molecule has 1 fully saturated rings. The summed E-state index contributed by atoms with van der Waals surface area (Å²) in [5.74, 6) is 0.893. The van der Waals surface area contributed by atoms with Gasteiger partial charge in [0.1, 0.15) is 0 Å². The molecule has 0 amide bonds. The molecule has 0 spiro atoms. The Hall–Kier alpha value is -0.340. The van der Waals surface area contributed by atoms with Crippen LogP contribution in [-0.4, -0.2) is 6.04 Å². The van der Waals surface area contributed by atoms with Gasteiger partial charge in [0.25, 0.3) is 0 Å². The quantitative estimate of drug-likeness (QED) is 0.864. The second-order valence-corrected chi connectivity index (χ2v) is 5.84. The summed E-state index contributed by atoms with van der Waals surface area (Å²) in [6.45, 7) is 2.33. The van der Waals surface area contributed by atoms with E-state index in [1.165, 1.54) is 34.9 Å². The first-order chi connectivity index (χ1) is 7.24. The summed E-state index contributed by atoms with van der Waals surface area (Å²) in [6.07, 6.45) is 3.87. The minimum absolute atomic E-state index is 0.614. The molecule has 0 bridgehead atoms. The Morgan fingerprint density at radius 1 is 1.40 bits per heavy atom. The lowest BCUT2D eigenvalue weighted by atomic mass is 10.1. The van der Waals surface area contributed by atoms with Gasteiger partial charge in [0.15, 0.2) is 0 Å². The van der Waals surface area contributed by atoms with E-state index in [0.717, 1.165) is 12.0 Å². The molecule has 2 aliphatic rings. The summed E-state index contributed by atoms with van der Waals surface area (Å²) in [6, 6.07) is 8.10. The van der Waals surface area contributed by atoms with E-state index in [-0.39, 0.29) is 0 Å². The van der Waals surface area contributed by atoms with Crippen LogP contribution in [-0.2, 0) is 6.42 Å². The Bertz CT molecular complexity index is 388. The number of aryl methyl sites for hydroxylation is 1. The predicted molar refractivity (Wildman–Crippen MR) is 65.9 cm³/mol. The molecule has 0 aromatic heterocycles. The van der Waals surface area contributed by atoms with Crippen LogP contribution in [0.3, 0.4) is 0 Å². The van der Waals surface area contributed by atoms with E-state index in [1.54, 1.807) is 0 Å². The Balaban J connectivity index is 1.79. The number of benzene rings is 1. The van der Waals surface area contributed by atoms with Crippen molar-refractivity contribution in [1.29, 1.82) is 0 Å². The molecule has 80 valence electrons. The van der Waals surface area contributed by atoms with Crippen LogP contribution in [0.1, 0.15) is 36.9 Å². The van der Waals surface area contributed by atoms with Gasteiger partial charge in [-0.1, -0.05) is 28.9 Å². The maximum absolute atomic E-state index is 3.76. The predicted octanol–water partition coefficient (Wildman–Crippen LogP) is 3.43. The highest BCUT2D eigenvalue weighted by Crippen LogP contribution is 2.37. The van der Waals surface area contributed by atoms with Gasteiger partial charge in [-0.2, -0.15) is 0 Å². The van der Waals surface area contributed by atoms with Gasteiger partial charge >= 0.3 is 0 Å². The molecular weight excluding hydrogens is 250 g/mol. The van der Waals surface area contributed by atoms with Crippen molar-refractivity contribution in [3.05, 3.63) is 33.8 Å². The Kier molecular flexibility index (Phi) is 2.37. The van der Waals surface area contributed by atoms with Gasteiger partial charge in [-0.05, 0) is 48.4 Å². The summed E-state index contributed by atoms with van der Waals surface area (Å²) in [5.41, 5.74) is 3.05. The zero-order valence-electron chi connectivity index (χ0n) is 8.96. The fourth-order valence-corrected chi connectivity index (χ4v) is 2.98. The minimum Gasteiger partial charge on any atom is -0.307 e. The summed E-state index contributed by atoms with van der Waals surface area (Å²) >= 11 is 3.54. The molecule has 1 N–H and O–H groups in total. The maximum Gasteiger partial charge on any atom is 0.0328 e. The van der Waals surface area contributed by atoms with Crippen LogP contribution in [0.15, 0.2) is 22.7 Å². The zero-order valence-corrected chi connectivity index (χ0v) is 10.5. The van der Waals surface area contributed by atoms with Gasteiger partial charge in [0.05, 0.1) is 0 Å². The molecule has 0 radical (unpaired) electrons. The first-order valence-electron chi connectivity index (χ1n) is 5.78. The van der Waals surface area contributed by atoms with E-state index in [0.29, 0.717) is 6.04 Å². The fourth-order valence-electron chi connectivity index (χ4n) is 2.57. The van der Waals surface area contributed by atoms with Crippen molar-refractivity contribution in [2.75, 3.05) is 0 Å². The van der Waals surface area contributed by atoms with Crippen molar-refractivity contribution in [2.45, 2.75) is 38.3 Å². The molecule has 2 heteroatoms. The van der Waals surface area contributed by atoms with Crippen molar-refractivity contribution >= 4 is 15.9 Å². The van der Waals surface area contributed by atoms with E-state index in [2.05, 4.69) is 46.4 Å². The Labute approximate surface area is 99.4 Å². The normalized spacial score (nSPS) is 32.8. The van der Waals surface area contributed by atoms with Gasteiger partial charge in [0, 0.05) is 16.6 Å². The molecule has 2 aliphatic carbocycles. The van der Waals surface area contributed by atoms with Gasteiger partial charge in [-0.3, -0.25) is 0 Å². The summed E-state index contributed by atoms with van der Waals surface area (Å²) < 4.78 is 1.21. The third kappa shape index (κ3) is 1.85. The molecule has 0 saturated heterocycles. The van der Waals surface area contributed by atoms with Crippen molar-refractivity contribution in [3.8, 4) is 0 Å². The highest BCUT2D eigenvalue weighted by atomic mass is 79.9. The largest absolute Gasteiger partial charge is 0.307 e. The highest BCUT2D eigenvalue weighted by Gasteiger charge is 2.35. The van der Waals surface area contributed by atoms with E-state index < -0.39 is 0 Å². The highest BCUT2D eigenvalue weighted by molar-refractivity contribution is 9.10. The average Bonchev–Trinajstić information content (AvgIpc) is 2.74. The molecule has 3 rings (SSSR count). The first-order valence-corrected chi connectivity index (χ1v) is 6.58. The lowest BCUT2D eigenvalue weighted by Crippen LogP contribution is -2.22. The van der Waals surface area contributed by atoms with Gasteiger partial charge < -0.3 is 5.32 Å². The summed E-state index contributed by atoms with van der Waals surface area (Å²) in [5, 5.41) is 3.76. The molecule has 0 aliphatic heterocycles. The van der Waals surface area contributed by atoms with Crippen LogP contribution >= 0.6 is 15.9 Å². The zero-order chi connectivity index (χ0) is 10.4. The van der Waals surface area contributed by atoms with Gasteiger partial charge in [-0.25, -0.2) is 0 Å². The van der Waals surface area contributed by atoms with Crippen LogP contribution in [0.25, 0.3) is 0 Å². The van der Waals surface area contributed by atoms with E-state index >= 15 is 0 Å². The standard InChI is InChI=1S/C13H16BrN/c1-8-6-13(8)15-12-5-2-9-7-10(14)3-4-11(9)12/h3-4,7-8,12-13,15H,2,5-6H2,1H3. The second-order valence-electron chi connectivity index (χ2n) is 4.92. The molecular formula is C13H16BrN. The smallest absolute Gasteiger partial charge is 0.0328 e. The third-order valence-corrected chi connectivity index (χ3v) is 4.20. The number of nitrogens with one attached hydrogen (secondary N) is 1. The fraction of sp³-hybridized carbons (Fsp3) is 0.538. The van der Waals surface area contributed by atoms with Crippen LogP contribution in [0, 0.1) is 5.92 Å². The number of fused-ring (bicyclic) bond motifs is 1. The van der Waals surface area contributed by atoms with Crippen LogP contribution in [0.2, 0.25) is 0 Å². The van der Waals surface area contributed by atoms with Crippen LogP contribution in [0.4, 0.5) is 0 Å². The Morgan fingerprint density at radius 3 is 2.93 bits per heavy atom. The lowest BCUT2D eigenvalue weighted by molar-refractivity contribution is 0.513. The van der Waals surface area contributed by atoms with Gasteiger partial charge in [-0.15, -0.1) is 0 Å². The molecule has 1 aromatic carbocycles. The minimum atomic E-state index is 0.614. The average molecular weight is 266 g/mol. The number of hydrogen-bond donors (Lipinski definition) is 1. The van der Waals surface area contributed by atoms with Crippen molar-refractivity contribution < 1.29 is 0 Å². The van der Waals surface area contributed by atoms with Gasteiger partial charge in [0.2, 0.25) is 0 Å². The SMILES string of the molecule is CC1CC1NC1CCc2cc(Br)ccc21. The van der Waals surface area contributed by atoms with E-state index in [1.807, 2.05) is 0 Å². The molecule has 15 heavy (non-hydrogen) atoms. The van der Waals surface area contributed by atoms with Crippen molar-refractivity contribution in [3.63, 3.8) is 0 Å². The van der Waals surface area contributed by atoms with Crippen molar-refractivity contribution in [2.24, 2.45) is 5.92 Å². The topological polar surface area (TPSA) is 12.0 Å².